The summed E-state index contributed by atoms with van der Waals surface area (Å²) in [5.41, 5.74) is 1.06. The van der Waals surface area contributed by atoms with E-state index in [-0.39, 0.29) is 18.4 Å². The number of anilines is 1. The predicted octanol–water partition coefficient (Wildman–Crippen LogP) is 1.55. The maximum atomic E-state index is 12.2. The van der Waals surface area contributed by atoms with Gasteiger partial charge in [-0.25, -0.2) is 0 Å². The molecule has 142 valence electrons. The van der Waals surface area contributed by atoms with Gasteiger partial charge in [-0.05, 0) is 62.0 Å². The van der Waals surface area contributed by atoms with E-state index in [9.17, 15) is 14.4 Å². The maximum absolute atomic E-state index is 12.2. The van der Waals surface area contributed by atoms with Crippen LogP contribution in [-0.4, -0.2) is 44.5 Å². The third-order valence-corrected chi connectivity index (χ3v) is 4.70. The molecule has 7 nitrogen and oxygen atoms in total. The van der Waals surface area contributed by atoms with Crippen LogP contribution in [0.15, 0.2) is 24.3 Å². The summed E-state index contributed by atoms with van der Waals surface area (Å²) in [6, 6.07) is 6.57. The number of rotatable bonds is 7. The zero-order valence-corrected chi connectivity index (χ0v) is 15.3. The van der Waals surface area contributed by atoms with Gasteiger partial charge in [-0.2, -0.15) is 0 Å². The minimum Gasteiger partial charge on any atom is -0.468 e. The highest BCUT2D eigenvalue weighted by atomic mass is 16.5. The lowest BCUT2D eigenvalue weighted by atomic mass is 9.85. The normalized spacial score (nSPS) is 17.8. The van der Waals surface area contributed by atoms with Gasteiger partial charge < -0.3 is 20.7 Å². The van der Waals surface area contributed by atoms with Gasteiger partial charge in [0.25, 0.3) is 5.91 Å². The molecule has 1 heterocycles. The van der Waals surface area contributed by atoms with Crippen molar-refractivity contribution >= 4 is 23.5 Å². The molecule has 2 rings (SSSR count). The van der Waals surface area contributed by atoms with Crippen LogP contribution in [0.25, 0.3) is 0 Å². The van der Waals surface area contributed by atoms with Gasteiger partial charge in [0.1, 0.15) is 6.54 Å². The summed E-state index contributed by atoms with van der Waals surface area (Å²) in [5, 5.41) is 8.72. The smallest absolute Gasteiger partial charge is 0.325 e. The Bertz CT molecular complexity index is 624. The van der Waals surface area contributed by atoms with E-state index in [1.807, 2.05) is 0 Å². The van der Waals surface area contributed by atoms with Crippen LogP contribution in [0.3, 0.4) is 0 Å². The molecule has 1 aliphatic rings. The lowest BCUT2D eigenvalue weighted by molar-refractivity contribution is -0.139. The molecule has 7 heteroatoms. The fourth-order valence-electron chi connectivity index (χ4n) is 3.07. The molecule has 2 unspecified atom stereocenters. The van der Waals surface area contributed by atoms with Gasteiger partial charge in [0.2, 0.25) is 5.91 Å². The Balaban J connectivity index is 1.81. The first-order chi connectivity index (χ1) is 12.5. The second kappa shape index (κ2) is 9.91. The monoisotopic (exact) mass is 361 g/mol. The van der Waals surface area contributed by atoms with Crippen molar-refractivity contribution < 1.29 is 19.1 Å². The molecule has 0 aliphatic carbocycles. The quantitative estimate of drug-likeness (QED) is 0.641. The van der Waals surface area contributed by atoms with Gasteiger partial charge >= 0.3 is 5.97 Å². The molecule has 0 bridgehead atoms. The first-order valence-electron chi connectivity index (χ1n) is 8.95. The summed E-state index contributed by atoms with van der Waals surface area (Å²) >= 11 is 0. The van der Waals surface area contributed by atoms with Gasteiger partial charge in [0.15, 0.2) is 0 Å². The van der Waals surface area contributed by atoms with Crippen molar-refractivity contribution in [1.29, 1.82) is 0 Å². The number of carbonyl (C=O) groups excluding carboxylic acids is 3. The number of amides is 2. The summed E-state index contributed by atoms with van der Waals surface area (Å²) in [6.45, 7) is 3.98. The Morgan fingerprint density at radius 1 is 1.27 bits per heavy atom. The number of hydrogen-bond acceptors (Lipinski definition) is 5. The molecule has 3 N–H and O–H groups in total. The largest absolute Gasteiger partial charge is 0.468 e. The highest BCUT2D eigenvalue weighted by Gasteiger charge is 2.22. The summed E-state index contributed by atoms with van der Waals surface area (Å²) < 4.78 is 4.47. The molecule has 1 fully saturated rings. The second-order valence-corrected chi connectivity index (χ2v) is 6.67. The van der Waals surface area contributed by atoms with Crippen LogP contribution in [-0.2, 0) is 14.3 Å². The third-order valence-electron chi connectivity index (χ3n) is 4.70. The first-order valence-corrected chi connectivity index (χ1v) is 8.95. The number of ether oxygens (including phenoxy) is 1. The molecule has 0 spiro atoms. The molecular weight excluding hydrogens is 334 g/mol. The molecule has 0 saturated carbocycles. The molecule has 1 aromatic carbocycles. The van der Waals surface area contributed by atoms with E-state index in [2.05, 4.69) is 27.6 Å². The van der Waals surface area contributed by atoms with Crippen LogP contribution >= 0.6 is 0 Å². The van der Waals surface area contributed by atoms with Crippen LogP contribution in [0.2, 0.25) is 0 Å². The van der Waals surface area contributed by atoms with Crippen molar-refractivity contribution in [3.63, 3.8) is 0 Å². The molecule has 0 aromatic heterocycles. The van der Waals surface area contributed by atoms with Gasteiger partial charge in [0, 0.05) is 17.7 Å². The topological polar surface area (TPSA) is 96.5 Å². The highest BCUT2D eigenvalue weighted by molar-refractivity contribution is 5.97. The van der Waals surface area contributed by atoms with Crippen molar-refractivity contribution in [2.45, 2.75) is 26.2 Å². The Labute approximate surface area is 153 Å². The minimum absolute atomic E-state index is 0.0223. The maximum Gasteiger partial charge on any atom is 0.325 e. The molecule has 1 aliphatic heterocycles. The van der Waals surface area contributed by atoms with Gasteiger partial charge in [0.05, 0.1) is 7.11 Å². The van der Waals surface area contributed by atoms with Crippen LogP contribution in [0.1, 0.15) is 36.5 Å². The number of nitrogens with one attached hydrogen (secondary N) is 3. The van der Waals surface area contributed by atoms with E-state index >= 15 is 0 Å². The van der Waals surface area contributed by atoms with Gasteiger partial charge in [-0.15, -0.1) is 0 Å². The summed E-state index contributed by atoms with van der Waals surface area (Å²) in [5.74, 6) is -0.0382. The number of methoxy groups -OCH3 is 1. The zero-order chi connectivity index (χ0) is 18.9. The standard InChI is InChI=1S/C19H27N3O4/c1-13(15-4-3-9-20-11-15)10-17(23)22-16-7-5-14(6-8-16)19(25)21-12-18(24)26-2/h5-8,13,15,20H,3-4,9-12H2,1-2H3,(H,21,25)(H,22,23). The number of benzene rings is 1. The average Bonchev–Trinajstić information content (AvgIpc) is 2.66. The Kier molecular flexibility index (Phi) is 7.59. The minimum atomic E-state index is -0.510. The van der Waals surface area contributed by atoms with Crippen molar-refractivity contribution in [1.82, 2.24) is 10.6 Å². The van der Waals surface area contributed by atoms with Crippen molar-refractivity contribution in [2.24, 2.45) is 11.8 Å². The van der Waals surface area contributed by atoms with Gasteiger partial charge in [-0.1, -0.05) is 6.92 Å². The molecular formula is C19H27N3O4. The zero-order valence-electron chi connectivity index (χ0n) is 15.3. The first kappa shape index (κ1) is 19.9. The van der Waals surface area contributed by atoms with E-state index in [4.69, 9.17) is 0 Å². The van der Waals surface area contributed by atoms with E-state index in [1.165, 1.54) is 7.11 Å². The van der Waals surface area contributed by atoms with Crippen LogP contribution in [0, 0.1) is 11.8 Å². The van der Waals surface area contributed by atoms with Crippen LogP contribution in [0.4, 0.5) is 5.69 Å². The number of esters is 1. The Morgan fingerprint density at radius 3 is 2.62 bits per heavy atom. The Morgan fingerprint density at radius 2 is 2.00 bits per heavy atom. The van der Waals surface area contributed by atoms with Crippen molar-refractivity contribution in [3.8, 4) is 0 Å². The fraction of sp³-hybridized carbons (Fsp3) is 0.526. The molecule has 2 atom stereocenters. The third kappa shape index (κ3) is 6.15. The predicted molar refractivity (Wildman–Crippen MR) is 98.8 cm³/mol. The summed E-state index contributed by atoms with van der Waals surface area (Å²) in [4.78, 5) is 35.2. The molecule has 0 radical (unpaired) electrons. The number of piperidine rings is 1. The summed E-state index contributed by atoms with van der Waals surface area (Å²) in [6.07, 6.45) is 2.81. The van der Waals surface area contributed by atoms with Gasteiger partial charge in [-0.3, -0.25) is 14.4 Å². The molecule has 2 amide bonds. The van der Waals surface area contributed by atoms with Crippen LogP contribution < -0.4 is 16.0 Å². The SMILES string of the molecule is COC(=O)CNC(=O)c1ccc(NC(=O)CC(C)C2CCCNC2)cc1. The lowest BCUT2D eigenvalue weighted by Crippen LogP contribution is -2.34. The molecule has 26 heavy (non-hydrogen) atoms. The van der Waals surface area contributed by atoms with E-state index < -0.39 is 5.97 Å². The number of carbonyl (C=O) groups is 3. The summed E-state index contributed by atoms with van der Waals surface area (Å²) in [7, 11) is 1.26. The van der Waals surface area contributed by atoms with Crippen LogP contribution in [0.5, 0.6) is 0 Å². The Hall–Kier alpha value is -2.41. The highest BCUT2D eigenvalue weighted by Crippen LogP contribution is 2.23. The fourth-order valence-corrected chi connectivity index (χ4v) is 3.07. The molecule has 1 aromatic rings. The van der Waals surface area contributed by atoms with E-state index in [0.29, 0.717) is 29.5 Å². The van der Waals surface area contributed by atoms with E-state index in [0.717, 1.165) is 25.9 Å². The number of hydrogen-bond donors (Lipinski definition) is 3. The second-order valence-electron chi connectivity index (χ2n) is 6.67. The molecule has 1 saturated heterocycles. The lowest BCUT2D eigenvalue weighted by Gasteiger charge is -2.28. The van der Waals surface area contributed by atoms with Crippen molar-refractivity contribution in [2.75, 3.05) is 32.1 Å². The van der Waals surface area contributed by atoms with E-state index in [1.54, 1.807) is 24.3 Å². The van der Waals surface area contributed by atoms with Crippen molar-refractivity contribution in [3.05, 3.63) is 29.8 Å². The average molecular weight is 361 g/mol.